The van der Waals surface area contributed by atoms with Crippen molar-refractivity contribution in [2.45, 2.75) is 50.8 Å². The van der Waals surface area contributed by atoms with Crippen LogP contribution in [0, 0.1) is 5.92 Å². The highest BCUT2D eigenvalue weighted by atomic mass is 16.7. The minimum absolute atomic E-state index is 0.0825. The molecule has 5 heterocycles. The van der Waals surface area contributed by atoms with E-state index in [1.165, 1.54) is 5.56 Å². The summed E-state index contributed by atoms with van der Waals surface area (Å²) in [7, 11) is 0. The maximum atomic E-state index is 13.6. The number of hydrogen-bond donors (Lipinski definition) is 1. The van der Waals surface area contributed by atoms with E-state index in [4.69, 9.17) is 14.2 Å². The summed E-state index contributed by atoms with van der Waals surface area (Å²) in [5.74, 6) is 2.60. The molecule has 0 radical (unpaired) electrons. The fraction of sp³-hybridized carbons (Fsp3) is 0.448. The minimum Gasteiger partial charge on any atom is -0.454 e. The maximum absolute atomic E-state index is 13.6. The molecule has 10 nitrogen and oxygen atoms in total. The van der Waals surface area contributed by atoms with Crippen LogP contribution in [0.15, 0.2) is 53.3 Å². The number of H-pyrrole nitrogens is 1. The molecule has 1 N–H and O–H groups in total. The van der Waals surface area contributed by atoms with Crippen LogP contribution in [0.2, 0.25) is 0 Å². The Morgan fingerprint density at radius 1 is 1.03 bits per heavy atom. The van der Waals surface area contributed by atoms with Crippen molar-refractivity contribution in [3.8, 4) is 11.5 Å². The predicted molar refractivity (Wildman–Crippen MR) is 144 cm³/mol. The third-order valence-corrected chi connectivity index (χ3v) is 8.25. The van der Waals surface area contributed by atoms with Gasteiger partial charge in [0, 0.05) is 23.6 Å². The van der Waals surface area contributed by atoms with Crippen LogP contribution < -0.4 is 15.0 Å². The second-order valence-corrected chi connectivity index (χ2v) is 10.8. The van der Waals surface area contributed by atoms with E-state index in [-0.39, 0.29) is 24.5 Å². The lowest BCUT2D eigenvalue weighted by Gasteiger charge is -2.37. The molecule has 7 rings (SSSR count). The summed E-state index contributed by atoms with van der Waals surface area (Å²) >= 11 is 0. The molecule has 4 aromatic rings. The van der Waals surface area contributed by atoms with Gasteiger partial charge >= 0.3 is 0 Å². The third kappa shape index (κ3) is 4.90. The molecule has 2 atom stereocenters. The van der Waals surface area contributed by atoms with Crippen LogP contribution in [-0.4, -0.2) is 62.7 Å². The predicted octanol–water partition coefficient (Wildman–Crippen LogP) is 3.47. The number of likely N-dealkylation sites (tertiary alicyclic amines) is 1. The van der Waals surface area contributed by atoms with Gasteiger partial charge in [0.05, 0.1) is 18.2 Å². The first-order chi connectivity index (χ1) is 19.2. The zero-order valence-electron chi connectivity index (χ0n) is 21.8. The summed E-state index contributed by atoms with van der Waals surface area (Å²) in [6.45, 7) is 3.23. The molecule has 0 saturated carbocycles. The molecule has 0 amide bonds. The van der Waals surface area contributed by atoms with E-state index in [2.05, 4.69) is 55.7 Å². The van der Waals surface area contributed by atoms with Crippen LogP contribution in [0.5, 0.6) is 11.5 Å². The van der Waals surface area contributed by atoms with Crippen molar-refractivity contribution in [3.63, 3.8) is 0 Å². The number of piperidine rings is 1. The zero-order valence-corrected chi connectivity index (χ0v) is 21.8. The number of ether oxygens (including phenoxy) is 3. The molecule has 10 heteroatoms. The maximum Gasteiger partial charge on any atom is 0.253 e. The van der Waals surface area contributed by atoms with E-state index in [1.807, 2.05) is 22.9 Å². The first kappa shape index (κ1) is 24.3. The molecule has 39 heavy (non-hydrogen) atoms. The number of fused-ring (bicyclic) bond motifs is 2. The Kier molecular flexibility index (Phi) is 6.49. The van der Waals surface area contributed by atoms with Gasteiger partial charge in [-0.15, -0.1) is 5.10 Å². The number of benzene rings is 2. The van der Waals surface area contributed by atoms with Gasteiger partial charge in [-0.3, -0.25) is 9.69 Å². The van der Waals surface area contributed by atoms with E-state index >= 15 is 0 Å². The molecule has 2 saturated heterocycles. The van der Waals surface area contributed by atoms with Gasteiger partial charge in [0.2, 0.25) is 6.79 Å². The average molecular weight is 529 g/mol. The normalized spacial score (nSPS) is 20.6. The van der Waals surface area contributed by atoms with Crippen molar-refractivity contribution >= 4 is 10.9 Å². The second kappa shape index (κ2) is 10.4. The highest BCUT2D eigenvalue weighted by molar-refractivity contribution is 5.83. The van der Waals surface area contributed by atoms with Crippen molar-refractivity contribution in [1.82, 2.24) is 30.1 Å². The Hall–Kier alpha value is -3.76. The minimum atomic E-state index is -0.377. The molecule has 3 aliphatic heterocycles. The topological polar surface area (TPSA) is 107 Å². The largest absolute Gasteiger partial charge is 0.454 e. The monoisotopic (exact) mass is 528 g/mol. The fourth-order valence-corrected chi connectivity index (χ4v) is 6.20. The Labute approximate surface area is 225 Å². The highest BCUT2D eigenvalue weighted by Gasteiger charge is 2.34. The Morgan fingerprint density at radius 3 is 2.64 bits per heavy atom. The van der Waals surface area contributed by atoms with Crippen molar-refractivity contribution in [2.24, 2.45) is 5.92 Å². The van der Waals surface area contributed by atoms with Crippen LogP contribution in [0.25, 0.3) is 10.9 Å². The van der Waals surface area contributed by atoms with Gasteiger partial charge in [0.1, 0.15) is 6.04 Å². The molecular formula is C29H32N6O4. The summed E-state index contributed by atoms with van der Waals surface area (Å²) in [6.07, 6.45) is 5.27. The number of tetrazole rings is 1. The number of nitrogens with one attached hydrogen (secondary N) is 1. The Morgan fingerprint density at radius 2 is 1.85 bits per heavy atom. The molecule has 0 unspecified atom stereocenters. The van der Waals surface area contributed by atoms with Gasteiger partial charge in [-0.1, -0.05) is 30.3 Å². The molecule has 0 aliphatic carbocycles. The number of hydrogen-bond acceptors (Lipinski definition) is 8. The molecule has 2 fully saturated rings. The molecule has 202 valence electrons. The van der Waals surface area contributed by atoms with Crippen LogP contribution in [0.4, 0.5) is 0 Å². The molecule has 0 bridgehead atoms. The lowest BCUT2D eigenvalue weighted by molar-refractivity contribution is 0.0892. The van der Waals surface area contributed by atoms with E-state index in [1.54, 1.807) is 0 Å². The van der Waals surface area contributed by atoms with E-state index < -0.39 is 0 Å². The van der Waals surface area contributed by atoms with Gasteiger partial charge in [0.25, 0.3) is 5.56 Å². The van der Waals surface area contributed by atoms with Gasteiger partial charge < -0.3 is 19.2 Å². The number of rotatable bonds is 7. The van der Waals surface area contributed by atoms with Crippen LogP contribution in [0.1, 0.15) is 48.7 Å². The van der Waals surface area contributed by atoms with Crippen molar-refractivity contribution < 1.29 is 14.2 Å². The highest BCUT2D eigenvalue weighted by Crippen LogP contribution is 2.37. The Balaban J connectivity index is 1.23. The van der Waals surface area contributed by atoms with Gasteiger partial charge in [-0.25, -0.2) is 4.68 Å². The van der Waals surface area contributed by atoms with Gasteiger partial charge in [0.15, 0.2) is 17.3 Å². The first-order valence-corrected chi connectivity index (χ1v) is 13.8. The SMILES string of the molecule is O=c1[nH]c2cc3c(cc2cc1[C@H](c1nnnn1C[C@@H]1CCCO1)N1CCC(Cc2ccccc2)CC1)OCO3. The quantitative estimate of drug-likeness (QED) is 0.389. The Bertz CT molecular complexity index is 1510. The average Bonchev–Trinajstić information content (AvgIpc) is 3.73. The van der Waals surface area contributed by atoms with Crippen LogP contribution >= 0.6 is 0 Å². The number of aromatic amines is 1. The van der Waals surface area contributed by atoms with Gasteiger partial charge in [-0.2, -0.15) is 0 Å². The van der Waals surface area contributed by atoms with Gasteiger partial charge in [-0.05, 0) is 79.2 Å². The van der Waals surface area contributed by atoms with E-state index in [0.29, 0.717) is 40.9 Å². The smallest absolute Gasteiger partial charge is 0.253 e. The summed E-state index contributed by atoms with van der Waals surface area (Å²) < 4.78 is 18.8. The van der Waals surface area contributed by atoms with E-state index in [9.17, 15) is 4.79 Å². The molecular weight excluding hydrogens is 496 g/mol. The number of pyridine rings is 1. The lowest BCUT2D eigenvalue weighted by atomic mass is 9.89. The number of aromatic nitrogens is 5. The summed E-state index contributed by atoms with van der Waals surface area (Å²) in [5, 5.41) is 13.7. The fourth-order valence-electron chi connectivity index (χ4n) is 6.20. The van der Waals surface area contributed by atoms with Crippen molar-refractivity contribution in [1.29, 1.82) is 0 Å². The molecule has 2 aromatic carbocycles. The molecule has 3 aliphatic rings. The van der Waals surface area contributed by atoms with Crippen LogP contribution in [-0.2, 0) is 17.7 Å². The number of nitrogens with zero attached hydrogens (tertiary/aromatic N) is 5. The lowest BCUT2D eigenvalue weighted by Crippen LogP contribution is -2.41. The second-order valence-electron chi connectivity index (χ2n) is 10.8. The summed E-state index contributed by atoms with van der Waals surface area (Å²) in [4.78, 5) is 19.1. The van der Waals surface area contributed by atoms with Crippen LogP contribution in [0.3, 0.4) is 0 Å². The summed E-state index contributed by atoms with van der Waals surface area (Å²) in [6, 6.07) is 16.0. The summed E-state index contributed by atoms with van der Waals surface area (Å²) in [5.41, 5.74) is 2.57. The standard InChI is InChI=1S/C29H32N6O4/c36-29-23(14-21-15-25-26(39-18-38-25)16-24(21)30-29)27(28-31-32-33-35(28)17-22-7-4-12-37-22)34-10-8-20(9-11-34)13-19-5-2-1-3-6-19/h1-3,5-6,14-16,20,22,27H,4,7-13,17-18H2,(H,30,36)/t22-,27+/m0/s1. The first-order valence-electron chi connectivity index (χ1n) is 13.8. The molecule has 0 spiro atoms. The zero-order chi connectivity index (χ0) is 26.2. The third-order valence-electron chi connectivity index (χ3n) is 8.25. The van der Waals surface area contributed by atoms with Crippen molar-refractivity contribution in [2.75, 3.05) is 26.5 Å². The van der Waals surface area contributed by atoms with E-state index in [0.717, 1.165) is 57.2 Å². The molecule has 2 aromatic heterocycles. The van der Waals surface area contributed by atoms with Crippen molar-refractivity contribution in [3.05, 3.63) is 75.8 Å².